The van der Waals surface area contributed by atoms with E-state index in [0.29, 0.717) is 5.56 Å². The second kappa shape index (κ2) is 4.29. The van der Waals surface area contributed by atoms with Crippen molar-refractivity contribution in [2.45, 2.75) is 6.92 Å². The van der Waals surface area contributed by atoms with E-state index in [0.717, 1.165) is 0 Å². The van der Waals surface area contributed by atoms with Crippen LogP contribution >= 0.6 is 0 Å². The van der Waals surface area contributed by atoms with E-state index in [9.17, 15) is 9.18 Å². The van der Waals surface area contributed by atoms with Crippen LogP contribution in [0.4, 0.5) is 4.39 Å². The molecule has 0 fully saturated rings. The molecule has 1 N–H and O–H groups in total. The van der Waals surface area contributed by atoms with Crippen LogP contribution in [0.3, 0.4) is 0 Å². The largest absolute Gasteiger partial charge is 0.475 e. The molecule has 0 spiro atoms. The van der Waals surface area contributed by atoms with E-state index >= 15 is 0 Å². The van der Waals surface area contributed by atoms with Crippen molar-refractivity contribution in [1.82, 2.24) is 0 Å². The first-order valence-electron chi connectivity index (χ1n) is 4.84. The number of benzene rings is 1. The van der Waals surface area contributed by atoms with Crippen molar-refractivity contribution in [1.29, 1.82) is 0 Å². The standard InChI is InChI=1S/C12H9FO4/c1-7-3-2-4-8(11(7)13)16-10-6-5-9(17-10)12(14)15/h2-6H,1H3,(H,14,15). The third kappa shape index (κ3) is 2.28. The number of carbonyl (C=O) groups is 1. The Kier molecular flexibility index (Phi) is 2.82. The number of aryl methyl sites for hydroxylation is 1. The highest BCUT2D eigenvalue weighted by Gasteiger charge is 2.12. The average molecular weight is 236 g/mol. The molecule has 5 heteroatoms. The van der Waals surface area contributed by atoms with Gasteiger partial charge in [0, 0.05) is 6.07 Å². The van der Waals surface area contributed by atoms with Crippen molar-refractivity contribution in [2.24, 2.45) is 0 Å². The Morgan fingerprint density at radius 1 is 1.35 bits per heavy atom. The number of rotatable bonds is 3. The van der Waals surface area contributed by atoms with Gasteiger partial charge in [-0.05, 0) is 24.6 Å². The summed E-state index contributed by atoms with van der Waals surface area (Å²) in [5.41, 5.74) is 0.438. The third-order valence-corrected chi connectivity index (χ3v) is 2.16. The van der Waals surface area contributed by atoms with Crippen molar-refractivity contribution < 1.29 is 23.4 Å². The number of carboxylic acids is 1. The number of carboxylic acid groups (broad SMARTS) is 1. The molecule has 0 saturated heterocycles. The lowest BCUT2D eigenvalue weighted by Gasteiger charge is -2.04. The minimum absolute atomic E-state index is 0.00344. The number of ether oxygens (including phenoxy) is 1. The maximum atomic E-state index is 13.6. The summed E-state index contributed by atoms with van der Waals surface area (Å²) in [6.45, 7) is 1.60. The van der Waals surface area contributed by atoms with Crippen LogP contribution in [0.2, 0.25) is 0 Å². The summed E-state index contributed by atoms with van der Waals surface area (Å²) in [6, 6.07) is 7.24. The minimum Gasteiger partial charge on any atom is -0.475 e. The monoisotopic (exact) mass is 236 g/mol. The highest BCUT2D eigenvalue weighted by Crippen LogP contribution is 2.27. The molecule has 0 unspecified atom stereocenters. The topological polar surface area (TPSA) is 59.7 Å². The molecular formula is C12H9FO4. The molecule has 0 aliphatic carbocycles. The first-order valence-corrected chi connectivity index (χ1v) is 4.84. The molecule has 1 aromatic heterocycles. The summed E-state index contributed by atoms with van der Waals surface area (Å²) in [4.78, 5) is 10.6. The number of hydrogen-bond acceptors (Lipinski definition) is 3. The zero-order valence-electron chi connectivity index (χ0n) is 8.94. The Bertz CT molecular complexity index is 559. The van der Waals surface area contributed by atoms with Gasteiger partial charge in [-0.1, -0.05) is 12.1 Å². The molecule has 0 aliphatic rings. The lowest BCUT2D eigenvalue weighted by atomic mass is 10.2. The number of aromatic carboxylic acids is 1. The zero-order chi connectivity index (χ0) is 12.4. The van der Waals surface area contributed by atoms with Gasteiger partial charge in [0.1, 0.15) is 0 Å². The maximum absolute atomic E-state index is 13.6. The predicted octanol–water partition coefficient (Wildman–Crippen LogP) is 3.22. The molecule has 0 radical (unpaired) electrons. The average Bonchev–Trinajstić information content (AvgIpc) is 2.73. The normalized spacial score (nSPS) is 10.2. The molecule has 0 saturated carbocycles. The van der Waals surface area contributed by atoms with Crippen LogP contribution in [0, 0.1) is 12.7 Å². The molecule has 2 aromatic rings. The van der Waals surface area contributed by atoms with E-state index in [4.69, 9.17) is 14.3 Å². The molecule has 1 aromatic carbocycles. The molecule has 0 aliphatic heterocycles. The van der Waals surface area contributed by atoms with E-state index in [1.807, 2.05) is 0 Å². The van der Waals surface area contributed by atoms with Gasteiger partial charge in [-0.3, -0.25) is 0 Å². The Balaban J connectivity index is 2.25. The summed E-state index contributed by atoms with van der Waals surface area (Å²) < 4.78 is 23.5. The molecule has 4 nitrogen and oxygen atoms in total. The van der Waals surface area contributed by atoms with Crippen molar-refractivity contribution in [3.8, 4) is 11.7 Å². The van der Waals surface area contributed by atoms with Crippen molar-refractivity contribution in [3.63, 3.8) is 0 Å². The summed E-state index contributed by atoms with van der Waals surface area (Å²) in [5, 5.41) is 8.64. The SMILES string of the molecule is Cc1cccc(Oc2ccc(C(=O)O)o2)c1F. The Hall–Kier alpha value is -2.30. The lowest BCUT2D eigenvalue weighted by molar-refractivity contribution is 0.0657. The van der Waals surface area contributed by atoms with Gasteiger partial charge in [0.2, 0.25) is 5.76 Å². The Labute approximate surface area is 96.2 Å². The smallest absolute Gasteiger partial charge is 0.371 e. The van der Waals surface area contributed by atoms with Gasteiger partial charge in [0.15, 0.2) is 11.6 Å². The van der Waals surface area contributed by atoms with E-state index in [1.54, 1.807) is 19.1 Å². The minimum atomic E-state index is -1.20. The molecule has 0 atom stereocenters. The quantitative estimate of drug-likeness (QED) is 0.888. The Morgan fingerprint density at radius 3 is 2.76 bits per heavy atom. The van der Waals surface area contributed by atoms with Gasteiger partial charge >= 0.3 is 5.97 Å². The first-order chi connectivity index (χ1) is 8.08. The van der Waals surface area contributed by atoms with Crippen LogP contribution in [0.1, 0.15) is 16.1 Å². The van der Waals surface area contributed by atoms with Crippen molar-refractivity contribution in [2.75, 3.05) is 0 Å². The van der Waals surface area contributed by atoms with Crippen LogP contribution in [-0.2, 0) is 0 Å². The highest BCUT2D eigenvalue weighted by atomic mass is 19.1. The maximum Gasteiger partial charge on any atom is 0.371 e. The van der Waals surface area contributed by atoms with Crippen LogP contribution in [0.5, 0.6) is 11.7 Å². The summed E-state index contributed by atoms with van der Waals surface area (Å²) in [5.74, 6) is -2.03. The van der Waals surface area contributed by atoms with Gasteiger partial charge < -0.3 is 14.3 Å². The highest BCUT2D eigenvalue weighted by molar-refractivity contribution is 5.84. The van der Waals surface area contributed by atoms with E-state index in [1.165, 1.54) is 18.2 Å². The second-order valence-corrected chi connectivity index (χ2v) is 3.41. The van der Waals surface area contributed by atoms with Gasteiger partial charge in [0.25, 0.3) is 5.95 Å². The fourth-order valence-corrected chi connectivity index (χ4v) is 1.30. The molecular weight excluding hydrogens is 227 g/mol. The molecule has 88 valence electrons. The second-order valence-electron chi connectivity index (χ2n) is 3.41. The summed E-state index contributed by atoms with van der Waals surface area (Å²) in [7, 11) is 0. The molecule has 17 heavy (non-hydrogen) atoms. The van der Waals surface area contributed by atoms with Gasteiger partial charge in [-0.15, -0.1) is 0 Å². The molecule has 2 rings (SSSR count). The molecule has 0 bridgehead atoms. The van der Waals surface area contributed by atoms with Crippen LogP contribution < -0.4 is 4.74 Å². The first kappa shape index (κ1) is 11.2. The number of halogens is 1. The lowest BCUT2D eigenvalue weighted by Crippen LogP contribution is -1.92. The van der Waals surface area contributed by atoms with Gasteiger partial charge in [0.05, 0.1) is 0 Å². The van der Waals surface area contributed by atoms with E-state index in [-0.39, 0.29) is 17.5 Å². The Morgan fingerprint density at radius 2 is 2.12 bits per heavy atom. The molecule has 0 amide bonds. The van der Waals surface area contributed by atoms with Crippen LogP contribution in [0.15, 0.2) is 34.7 Å². The van der Waals surface area contributed by atoms with E-state index in [2.05, 4.69) is 0 Å². The predicted molar refractivity (Wildman–Crippen MR) is 56.9 cm³/mol. The van der Waals surface area contributed by atoms with Crippen LogP contribution in [0.25, 0.3) is 0 Å². The van der Waals surface area contributed by atoms with Gasteiger partial charge in [-0.25, -0.2) is 9.18 Å². The number of furan rings is 1. The summed E-state index contributed by atoms with van der Waals surface area (Å²) in [6.07, 6.45) is 0. The van der Waals surface area contributed by atoms with Crippen molar-refractivity contribution >= 4 is 5.97 Å². The zero-order valence-corrected chi connectivity index (χ0v) is 8.94. The fourth-order valence-electron chi connectivity index (χ4n) is 1.30. The number of hydrogen-bond donors (Lipinski definition) is 1. The fraction of sp³-hybridized carbons (Fsp3) is 0.0833. The third-order valence-electron chi connectivity index (χ3n) is 2.16. The van der Waals surface area contributed by atoms with Crippen LogP contribution in [-0.4, -0.2) is 11.1 Å². The summed E-state index contributed by atoms with van der Waals surface area (Å²) >= 11 is 0. The van der Waals surface area contributed by atoms with Gasteiger partial charge in [-0.2, -0.15) is 0 Å². The van der Waals surface area contributed by atoms with Crippen molar-refractivity contribution in [3.05, 3.63) is 47.5 Å². The van der Waals surface area contributed by atoms with E-state index < -0.39 is 11.8 Å². The molecule has 1 heterocycles.